The van der Waals surface area contributed by atoms with Crippen LogP contribution in [0.4, 0.5) is 0 Å². The van der Waals surface area contributed by atoms with E-state index in [-0.39, 0.29) is 0 Å². The van der Waals surface area contributed by atoms with Gasteiger partial charge in [0.15, 0.2) is 47.5 Å². The van der Waals surface area contributed by atoms with Crippen LogP contribution in [0.5, 0.6) is 0 Å². The Hall–Kier alpha value is -3.09. The van der Waals surface area contributed by atoms with E-state index < -0.39 is 108 Å². The highest BCUT2D eigenvalue weighted by Crippen LogP contribution is 2.45. The fourth-order valence-electron chi connectivity index (χ4n) is 4.42. The summed E-state index contributed by atoms with van der Waals surface area (Å²) in [5.74, 6) is -5.23. The van der Waals surface area contributed by atoms with Gasteiger partial charge in [0, 0.05) is 48.5 Å². The van der Waals surface area contributed by atoms with Crippen LogP contribution in [0.25, 0.3) is 0 Å². The van der Waals surface area contributed by atoms with Crippen LogP contribution >= 0.6 is 21.6 Å². The van der Waals surface area contributed by atoms with E-state index in [0.29, 0.717) is 0 Å². The zero-order valence-electron chi connectivity index (χ0n) is 25.3. The van der Waals surface area contributed by atoms with Gasteiger partial charge in [-0.05, 0) is 6.92 Å². The summed E-state index contributed by atoms with van der Waals surface area (Å²) in [4.78, 5) is 83.6. The maximum atomic E-state index is 12.1. The van der Waals surface area contributed by atoms with Gasteiger partial charge < -0.3 is 42.6 Å². The second-order valence-electron chi connectivity index (χ2n) is 9.69. The highest BCUT2D eigenvalue weighted by Gasteiger charge is 2.54. The molecular weight excluding hydrogens is 632 g/mol. The van der Waals surface area contributed by atoms with Crippen LogP contribution in [-0.4, -0.2) is 108 Å². The summed E-state index contributed by atoms with van der Waals surface area (Å²) < 4.78 is 49.6. The number of carbonyl (C=O) groups is 7. The molecule has 2 aliphatic rings. The Kier molecular flexibility index (Phi) is 14.2. The number of hydrogen-bond donors (Lipinski definition) is 0. The molecule has 0 aromatic carbocycles. The molecule has 2 fully saturated rings. The molecule has 0 aromatic rings. The maximum absolute atomic E-state index is 12.1. The molecule has 16 nitrogen and oxygen atoms in total. The molecular formula is C26H36O16S2. The van der Waals surface area contributed by atoms with E-state index >= 15 is 0 Å². The average Bonchev–Trinajstić information content (AvgIpc) is 2.87. The van der Waals surface area contributed by atoms with Crippen LogP contribution in [0.2, 0.25) is 0 Å². The molecule has 0 amide bonds. The first-order valence-electron chi connectivity index (χ1n) is 13.3. The van der Waals surface area contributed by atoms with Gasteiger partial charge in [-0.25, -0.2) is 0 Å². The lowest BCUT2D eigenvalue weighted by atomic mass is 9.99. The van der Waals surface area contributed by atoms with Gasteiger partial charge in [-0.1, -0.05) is 21.6 Å². The molecule has 2 heterocycles. The van der Waals surface area contributed by atoms with E-state index in [1.165, 1.54) is 0 Å². The number of hydrogen-bond acceptors (Lipinski definition) is 18. The van der Waals surface area contributed by atoms with Gasteiger partial charge in [-0.3, -0.25) is 33.6 Å². The highest BCUT2D eigenvalue weighted by molar-refractivity contribution is 8.77. The molecule has 0 saturated carbocycles. The van der Waals surface area contributed by atoms with E-state index in [0.717, 1.165) is 70.1 Å². The summed E-state index contributed by atoms with van der Waals surface area (Å²) in [6, 6.07) is 0. The lowest BCUT2D eigenvalue weighted by Gasteiger charge is -2.45. The number of carbonyl (C=O) groups excluding carboxylic acids is 7. The Labute approximate surface area is 261 Å². The molecule has 248 valence electrons. The van der Waals surface area contributed by atoms with Gasteiger partial charge in [-0.15, -0.1) is 0 Å². The lowest BCUT2D eigenvalue weighted by molar-refractivity contribution is -0.237. The second kappa shape index (κ2) is 16.8. The average molecular weight is 669 g/mol. The molecule has 0 unspecified atom stereocenters. The van der Waals surface area contributed by atoms with E-state index in [9.17, 15) is 33.6 Å². The Morgan fingerprint density at radius 1 is 0.477 bits per heavy atom. The molecule has 2 rings (SSSR count). The summed E-state index contributed by atoms with van der Waals surface area (Å²) in [6.45, 7) is 8.99. The van der Waals surface area contributed by atoms with Crippen LogP contribution in [0.3, 0.4) is 0 Å². The van der Waals surface area contributed by atoms with Crippen LogP contribution < -0.4 is 0 Å². The fourth-order valence-corrected chi connectivity index (χ4v) is 7.28. The van der Waals surface area contributed by atoms with E-state index in [1.54, 1.807) is 6.92 Å². The molecule has 18 heteroatoms. The van der Waals surface area contributed by atoms with Gasteiger partial charge in [0.1, 0.15) is 12.7 Å². The van der Waals surface area contributed by atoms with Gasteiger partial charge in [0.2, 0.25) is 0 Å². The summed E-state index contributed by atoms with van der Waals surface area (Å²) in [6.07, 6.45) is -9.84. The first-order valence-corrected chi connectivity index (χ1v) is 15.6. The van der Waals surface area contributed by atoms with Crippen molar-refractivity contribution in [2.75, 3.05) is 6.61 Å². The van der Waals surface area contributed by atoms with Crippen molar-refractivity contribution in [3.8, 4) is 0 Å². The van der Waals surface area contributed by atoms with Crippen LogP contribution in [0.1, 0.15) is 55.4 Å². The standard InChI is InChI=1S/C26H36O16S2/c1-10-19(36-12(3)28)21(38-14(5)30)23(40-16(7)32)25(35-10)43-44-26-24(41-17(8)33)22(39-15(6)31)20(37-13(4)29)18(42-26)9-34-11(2)27/h10,18-26H,9H2,1-8H3/t10-,18+,19-,20+,21+,22-,23+,24+,25-,26-/m0/s1. The Morgan fingerprint density at radius 3 is 1.23 bits per heavy atom. The molecule has 0 radical (unpaired) electrons. The Balaban J connectivity index is 2.48. The van der Waals surface area contributed by atoms with E-state index in [1.807, 2.05) is 0 Å². The zero-order valence-corrected chi connectivity index (χ0v) is 27.0. The number of esters is 7. The van der Waals surface area contributed by atoms with Crippen molar-refractivity contribution >= 4 is 63.4 Å². The summed E-state index contributed by atoms with van der Waals surface area (Å²) in [5.41, 5.74) is -2.27. The Bertz CT molecular complexity index is 1100. The van der Waals surface area contributed by atoms with Crippen LogP contribution in [0, 0.1) is 0 Å². The van der Waals surface area contributed by atoms with Crippen LogP contribution in [-0.2, 0) is 76.2 Å². The monoisotopic (exact) mass is 668 g/mol. The zero-order chi connectivity index (χ0) is 33.3. The topological polar surface area (TPSA) is 203 Å². The van der Waals surface area contributed by atoms with Gasteiger partial charge in [0.05, 0.1) is 6.10 Å². The molecule has 44 heavy (non-hydrogen) atoms. The molecule has 10 atom stereocenters. The molecule has 2 aliphatic heterocycles. The molecule has 2 saturated heterocycles. The number of rotatable bonds is 11. The van der Waals surface area contributed by atoms with Crippen molar-refractivity contribution < 1.29 is 76.2 Å². The maximum Gasteiger partial charge on any atom is 0.303 e. The smallest absolute Gasteiger partial charge is 0.303 e. The SMILES string of the molecule is CC(=O)OC[C@H]1O[C@@H](SS[C@@H]2O[C@@H](C)[C@H](OC(C)=O)[C@@H](OC(C)=O)[C@H]2OC(C)=O)[C@H](OC(C)=O)[C@@H](OC(C)=O)[C@@H]1OC(C)=O. The minimum absolute atomic E-state index is 0.425. The fraction of sp³-hybridized carbons (Fsp3) is 0.731. The molecule has 0 aromatic heterocycles. The molecule has 0 spiro atoms. The quantitative estimate of drug-likeness (QED) is 0.171. The molecule has 0 aliphatic carbocycles. The normalized spacial score (nSPS) is 31.5. The van der Waals surface area contributed by atoms with Crippen molar-refractivity contribution in [2.24, 2.45) is 0 Å². The van der Waals surface area contributed by atoms with Crippen LogP contribution in [0.15, 0.2) is 0 Å². The predicted octanol–water partition coefficient (Wildman–Crippen LogP) is 0.991. The lowest BCUT2D eigenvalue weighted by Crippen LogP contribution is -2.61. The first-order chi connectivity index (χ1) is 20.5. The third-order valence-corrected chi connectivity index (χ3v) is 8.55. The van der Waals surface area contributed by atoms with Gasteiger partial charge in [0.25, 0.3) is 0 Å². The van der Waals surface area contributed by atoms with E-state index in [4.69, 9.17) is 42.6 Å². The van der Waals surface area contributed by atoms with Crippen molar-refractivity contribution in [3.05, 3.63) is 0 Å². The third kappa shape index (κ3) is 11.1. The van der Waals surface area contributed by atoms with Crippen molar-refractivity contribution in [2.45, 2.75) is 115 Å². The van der Waals surface area contributed by atoms with Crippen molar-refractivity contribution in [3.63, 3.8) is 0 Å². The molecule has 0 N–H and O–H groups in total. The van der Waals surface area contributed by atoms with Gasteiger partial charge >= 0.3 is 41.8 Å². The summed E-state index contributed by atoms with van der Waals surface area (Å²) in [7, 11) is 1.81. The van der Waals surface area contributed by atoms with Crippen molar-refractivity contribution in [1.29, 1.82) is 0 Å². The third-order valence-electron chi connectivity index (χ3n) is 5.83. The van der Waals surface area contributed by atoms with Crippen molar-refractivity contribution in [1.82, 2.24) is 0 Å². The second-order valence-corrected chi connectivity index (χ2v) is 12.2. The highest BCUT2D eigenvalue weighted by atomic mass is 33.1. The first kappa shape index (κ1) is 37.1. The summed E-state index contributed by atoms with van der Waals surface area (Å²) >= 11 is 0. The Morgan fingerprint density at radius 2 is 0.818 bits per heavy atom. The van der Waals surface area contributed by atoms with E-state index in [2.05, 4.69) is 0 Å². The minimum Gasteiger partial charge on any atom is -0.463 e. The molecule has 0 bridgehead atoms. The predicted molar refractivity (Wildman–Crippen MR) is 148 cm³/mol. The minimum atomic E-state index is -1.40. The largest absolute Gasteiger partial charge is 0.463 e. The number of ether oxygens (including phenoxy) is 9. The van der Waals surface area contributed by atoms with Gasteiger partial charge in [-0.2, -0.15) is 0 Å². The summed E-state index contributed by atoms with van der Waals surface area (Å²) in [5, 5.41) is 0.